The molecule has 1 amide bonds. The molecule has 0 N–H and O–H groups in total. The molecule has 1 aliphatic rings. The molecular formula is C17H22N4O3. The van der Waals surface area contributed by atoms with Gasteiger partial charge in [0.25, 0.3) is 5.91 Å². The van der Waals surface area contributed by atoms with E-state index in [1.807, 2.05) is 37.8 Å². The first-order valence-corrected chi connectivity index (χ1v) is 7.99. The van der Waals surface area contributed by atoms with Crippen LogP contribution in [0.4, 0.5) is 5.82 Å². The topological polar surface area (TPSA) is 71.7 Å². The summed E-state index contributed by atoms with van der Waals surface area (Å²) in [4.78, 5) is 25.3. The third-order valence-electron chi connectivity index (χ3n) is 4.17. The van der Waals surface area contributed by atoms with Crippen LogP contribution in [0, 0.1) is 20.8 Å². The number of piperazine rings is 1. The molecule has 0 radical (unpaired) electrons. The van der Waals surface area contributed by atoms with Crippen LogP contribution in [-0.4, -0.2) is 54.1 Å². The number of methoxy groups -OCH3 is 1. The highest BCUT2D eigenvalue weighted by Gasteiger charge is 2.25. The van der Waals surface area contributed by atoms with Gasteiger partial charge in [-0.15, -0.1) is 0 Å². The molecule has 1 fully saturated rings. The van der Waals surface area contributed by atoms with E-state index in [1.165, 1.54) is 0 Å². The Morgan fingerprint density at radius 1 is 1.12 bits per heavy atom. The number of carbonyl (C=O) groups excluding carboxylic acids is 1. The minimum absolute atomic E-state index is 0.0282. The second-order valence-electron chi connectivity index (χ2n) is 5.92. The minimum Gasteiger partial charge on any atom is -0.481 e. The standard InChI is InChI=1S/C17H22N4O3/c1-11-9-14(12(2)24-11)17(22)21-7-5-20(6-8-21)15-10-16(23-4)19-13(3)18-15/h9-10H,5-8H2,1-4H3. The highest BCUT2D eigenvalue weighted by atomic mass is 16.5. The van der Waals surface area contributed by atoms with Crippen molar-refractivity contribution in [2.45, 2.75) is 20.8 Å². The molecule has 24 heavy (non-hydrogen) atoms. The van der Waals surface area contributed by atoms with Crippen LogP contribution < -0.4 is 9.64 Å². The van der Waals surface area contributed by atoms with Gasteiger partial charge in [-0.2, -0.15) is 4.98 Å². The summed E-state index contributed by atoms with van der Waals surface area (Å²) in [5, 5.41) is 0. The molecule has 3 heterocycles. The maximum Gasteiger partial charge on any atom is 0.257 e. The molecule has 0 aliphatic carbocycles. The average molecular weight is 330 g/mol. The molecule has 0 atom stereocenters. The highest BCUT2D eigenvalue weighted by molar-refractivity contribution is 5.95. The van der Waals surface area contributed by atoms with Crippen LogP contribution in [0.3, 0.4) is 0 Å². The lowest BCUT2D eigenvalue weighted by Crippen LogP contribution is -2.49. The highest BCUT2D eigenvalue weighted by Crippen LogP contribution is 2.21. The van der Waals surface area contributed by atoms with E-state index in [9.17, 15) is 4.79 Å². The Labute approximate surface area is 141 Å². The molecular weight excluding hydrogens is 308 g/mol. The predicted octanol–water partition coefficient (Wildman–Crippen LogP) is 1.97. The number of aromatic nitrogens is 2. The van der Waals surface area contributed by atoms with Gasteiger partial charge in [-0.1, -0.05) is 0 Å². The fourth-order valence-electron chi connectivity index (χ4n) is 2.94. The lowest BCUT2D eigenvalue weighted by molar-refractivity contribution is 0.0744. The molecule has 0 unspecified atom stereocenters. The van der Waals surface area contributed by atoms with E-state index >= 15 is 0 Å². The zero-order valence-corrected chi connectivity index (χ0v) is 14.5. The molecule has 7 heteroatoms. The van der Waals surface area contributed by atoms with E-state index in [2.05, 4.69) is 14.9 Å². The van der Waals surface area contributed by atoms with E-state index < -0.39 is 0 Å². The molecule has 2 aromatic rings. The molecule has 0 bridgehead atoms. The van der Waals surface area contributed by atoms with Crippen LogP contribution in [0.2, 0.25) is 0 Å². The van der Waals surface area contributed by atoms with Crippen molar-refractivity contribution in [3.05, 3.63) is 35.0 Å². The monoisotopic (exact) mass is 330 g/mol. The van der Waals surface area contributed by atoms with Gasteiger partial charge in [-0.3, -0.25) is 4.79 Å². The van der Waals surface area contributed by atoms with Crippen molar-refractivity contribution in [3.8, 4) is 5.88 Å². The molecule has 0 saturated carbocycles. The number of anilines is 1. The number of amides is 1. The van der Waals surface area contributed by atoms with Gasteiger partial charge in [0.2, 0.25) is 5.88 Å². The molecule has 0 aromatic carbocycles. The van der Waals surface area contributed by atoms with Crippen molar-refractivity contribution < 1.29 is 13.9 Å². The van der Waals surface area contributed by atoms with Crippen LogP contribution in [0.25, 0.3) is 0 Å². The van der Waals surface area contributed by atoms with Gasteiger partial charge < -0.3 is 19.0 Å². The Morgan fingerprint density at radius 3 is 2.42 bits per heavy atom. The maximum atomic E-state index is 12.6. The van der Waals surface area contributed by atoms with Crippen molar-refractivity contribution in [2.75, 3.05) is 38.2 Å². The van der Waals surface area contributed by atoms with E-state index in [0.29, 0.717) is 36.1 Å². The van der Waals surface area contributed by atoms with Gasteiger partial charge in [-0.05, 0) is 26.8 Å². The Balaban J connectivity index is 1.68. The summed E-state index contributed by atoms with van der Waals surface area (Å²) in [6.45, 7) is 8.26. The Kier molecular flexibility index (Phi) is 4.42. The van der Waals surface area contributed by atoms with Gasteiger partial charge in [0.15, 0.2) is 0 Å². The number of hydrogen-bond donors (Lipinski definition) is 0. The quantitative estimate of drug-likeness (QED) is 0.857. The van der Waals surface area contributed by atoms with Gasteiger partial charge in [0, 0.05) is 32.2 Å². The first-order valence-electron chi connectivity index (χ1n) is 7.99. The van der Waals surface area contributed by atoms with Crippen molar-refractivity contribution in [3.63, 3.8) is 0 Å². The van der Waals surface area contributed by atoms with Crippen LogP contribution >= 0.6 is 0 Å². The Hall–Kier alpha value is -2.57. The van der Waals surface area contributed by atoms with Crippen molar-refractivity contribution in [2.24, 2.45) is 0 Å². The van der Waals surface area contributed by atoms with E-state index in [1.54, 1.807) is 7.11 Å². The van der Waals surface area contributed by atoms with E-state index in [0.717, 1.165) is 24.7 Å². The second-order valence-corrected chi connectivity index (χ2v) is 5.92. The van der Waals surface area contributed by atoms with E-state index in [4.69, 9.17) is 9.15 Å². The molecule has 128 valence electrons. The van der Waals surface area contributed by atoms with Gasteiger partial charge in [0.1, 0.15) is 23.2 Å². The fraction of sp³-hybridized carbons (Fsp3) is 0.471. The zero-order valence-electron chi connectivity index (χ0n) is 14.5. The van der Waals surface area contributed by atoms with Crippen molar-refractivity contribution in [1.82, 2.24) is 14.9 Å². The number of ether oxygens (including phenoxy) is 1. The molecule has 7 nitrogen and oxygen atoms in total. The maximum absolute atomic E-state index is 12.6. The third-order valence-corrected chi connectivity index (χ3v) is 4.17. The summed E-state index contributed by atoms with van der Waals surface area (Å²) >= 11 is 0. The summed E-state index contributed by atoms with van der Waals surface area (Å²) in [7, 11) is 1.59. The predicted molar refractivity (Wildman–Crippen MR) is 89.6 cm³/mol. The zero-order chi connectivity index (χ0) is 17.3. The summed E-state index contributed by atoms with van der Waals surface area (Å²) < 4.78 is 10.7. The SMILES string of the molecule is COc1cc(N2CCN(C(=O)c3cc(C)oc3C)CC2)nc(C)n1. The van der Waals surface area contributed by atoms with Gasteiger partial charge in [0.05, 0.1) is 12.7 Å². The third kappa shape index (κ3) is 3.20. The number of rotatable bonds is 3. The lowest BCUT2D eigenvalue weighted by atomic mass is 10.2. The van der Waals surface area contributed by atoms with Crippen molar-refractivity contribution >= 4 is 11.7 Å². The number of furan rings is 1. The van der Waals surface area contributed by atoms with Crippen LogP contribution in [-0.2, 0) is 0 Å². The number of aryl methyl sites for hydroxylation is 3. The number of carbonyl (C=O) groups is 1. The van der Waals surface area contributed by atoms with Crippen molar-refractivity contribution in [1.29, 1.82) is 0 Å². The fourth-order valence-corrected chi connectivity index (χ4v) is 2.94. The molecule has 1 saturated heterocycles. The lowest BCUT2D eigenvalue weighted by Gasteiger charge is -2.35. The summed E-state index contributed by atoms with van der Waals surface area (Å²) in [6, 6.07) is 3.64. The summed E-state index contributed by atoms with van der Waals surface area (Å²) in [5.41, 5.74) is 0.653. The molecule has 3 rings (SSSR count). The molecule has 1 aliphatic heterocycles. The summed E-state index contributed by atoms with van der Waals surface area (Å²) in [5.74, 6) is 3.53. The van der Waals surface area contributed by atoms with E-state index in [-0.39, 0.29) is 5.91 Å². The smallest absolute Gasteiger partial charge is 0.257 e. The molecule has 2 aromatic heterocycles. The van der Waals surface area contributed by atoms with Crippen LogP contribution in [0.5, 0.6) is 5.88 Å². The molecule has 0 spiro atoms. The minimum atomic E-state index is 0.0282. The van der Waals surface area contributed by atoms with Gasteiger partial charge in [-0.25, -0.2) is 4.98 Å². The first kappa shape index (κ1) is 16.3. The van der Waals surface area contributed by atoms with Gasteiger partial charge >= 0.3 is 0 Å². The Morgan fingerprint density at radius 2 is 1.83 bits per heavy atom. The second kappa shape index (κ2) is 6.51. The average Bonchev–Trinajstić information content (AvgIpc) is 2.92. The summed E-state index contributed by atoms with van der Waals surface area (Å²) in [6.07, 6.45) is 0. The number of nitrogens with zero attached hydrogens (tertiary/aromatic N) is 4. The van der Waals surface area contributed by atoms with Crippen LogP contribution in [0.1, 0.15) is 27.7 Å². The largest absolute Gasteiger partial charge is 0.481 e. The Bertz CT molecular complexity index is 748. The van der Waals surface area contributed by atoms with Crippen LogP contribution in [0.15, 0.2) is 16.5 Å². The normalized spacial score (nSPS) is 14.8. The first-order chi connectivity index (χ1) is 11.5. The number of hydrogen-bond acceptors (Lipinski definition) is 6.